The highest BCUT2D eigenvalue weighted by atomic mass is 32.1. The summed E-state index contributed by atoms with van der Waals surface area (Å²) in [6.07, 6.45) is 1.000. The maximum Gasteiger partial charge on any atom is 0.123 e. The Bertz CT molecular complexity index is 499. The van der Waals surface area contributed by atoms with Gasteiger partial charge in [-0.15, -0.1) is 11.3 Å². The van der Waals surface area contributed by atoms with Gasteiger partial charge in [0, 0.05) is 24.0 Å². The van der Waals surface area contributed by atoms with Crippen molar-refractivity contribution in [2.45, 2.75) is 12.5 Å². The average Bonchev–Trinajstić information content (AvgIpc) is 2.90. The van der Waals surface area contributed by atoms with Crippen molar-refractivity contribution in [3.63, 3.8) is 0 Å². The molecular formula is C15H19FN2S. The highest BCUT2D eigenvalue weighted by Crippen LogP contribution is 2.20. The number of benzene rings is 1. The van der Waals surface area contributed by atoms with Crippen LogP contribution in [0.15, 0.2) is 41.8 Å². The predicted octanol–water partition coefficient (Wildman–Crippen LogP) is 3.06. The molecular weight excluding hydrogens is 259 g/mol. The summed E-state index contributed by atoms with van der Waals surface area (Å²) in [6.45, 7) is 1.41. The van der Waals surface area contributed by atoms with Crippen LogP contribution in [0.4, 0.5) is 4.39 Å². The number of thiophene rings is 1. The fourth-order valence-electron chi connectivity index (χ4n) is 2.18. The summed E-state index contributed by atoms with van der Waals surface area (Å²) in [5.41, 5.74) is 6.78. The van der Waals surface area contributed by atoms with Crippen molar-refractivity contribution in [3.8, 4) is 0 Å². The van der Waals surface area contributed by atoms with E-state index in [0.717, 1.165) is 18.5 Å². The van der Waals surface area contributed by atoms with Crippen molar-refractivity contribution >= 4 is 11.3 Å². The zero-order chi connectivity index (χ0) is 13.7. The largest absolute Gasteiger partial charge is 0.329 e. The van der Waals surface area contributed by atoms with Gasteiger partial charge in [-0.25, -0.2) is 4.39 Å². The second-order valence-electron chi connectivity index (χ2n) is 4.62. The molecule has 1 unspecified atom stereocenters. The molecule has 0 aliphatic rings. The van der Waals surface area contributed by atoms with Gasteiger partial charge in [0.25, 0.3) is 0 Å². The molecule has 1 aromatic heterocycles. The SMILES string of the molecule is CN(CCc1cccs1)C(CN)c1cccc(F)c1. The highest BCUT2D eigenvalue weighted by Gasteiger charge is 2.15. The first-order valence-electron chi connectivity index (χ1n) is 6.39. The Morgan fingerprint density at radius 3 is 2.79 bits per heavy atom. The van der Waals surface area contributed by atoms with Gasteiger partial charge in [0.15, 0.2) is 0 Å². The van der Waals surface area contributed by atoms with E-state index in [-0.39, 0.29) is 11.9 Å². The van der Waals surface area contributed by atoms with Gasteiger partial charge in [-0.2, -0.15) is 0 Å². The molecule has 19 heavy (non-hydrogen) atoms. The van der Waals surface area contributed by atoms with Crippen LogP contribution in [0.2, 0.25) is 0 Å². The number of likely N-dealkylation sites (N-methyl/N-ethyl adjacent to an activating group) is 1. The molecule has 0 fully saturated rings. The second kappa shape index (κ2) is 6.80. The van der Waals surface area contributed by atoms with Crippen LogP contribution in [0.3, 0.4) is 0 Å². The van der Waals surface area contributed by atoms with Crippen molar-refractivity contribution in [2.24, 2.45) is 5.73 Å². The summed E-state index contributed by atoms with van der Waals surface area (Å²) in [5.74, 6) is -0.206. The first kappa shape index (κ1) is 14.2. The maximum atomic E-state index is 13.3. The minimum atomic E-state index is -0.206. The lowest BCUT2D eigenvalue weighted by Gasteiger charge is -2.27. The molecule has 1 atom stereocenters. The Hall–Kier alpha value is -1.23. The molecule has 1 heterocycles. The molecule has 4 heteroatoms. The number of nitrogens with zero attached hydrogens (tertiary/aromatic N) is 1. The van der Waals surface area contributed by atoms with Crippen LogP contribution in [-0.2, 0) is 6.42 Å². The van der Waals surface area contributed by atoms with Crippen LogP contribution in [0.25, 0.3) is 0 Å². The minimum absolute atomic E-state index is 0.0654. The molecule has 0 bridgehead atoms. The number of rotatable bonds is 6. The van der Waals surface area contributed by atoms with E-state index >= 15 is 0 Å². The first-order valence-corrected chi connectivity index (χ1v) is 7.27. The van der Waals surface area contributed by atoms with Gasteiger partial charge in [0.1, 0.15) is 5.82 Å². The Balaban J connectivity index is 2.00. The Kier molecular flexibility index (Phi) is 5.07. The third-order valence-electron chi connectivity index (χ3n) is 3.28. The van der Waals surface area contributed by atoms with Gasteiger partial charge in [-0.3, -0.25) is 4.90 Å². The van der Waals surface area contributed by atoms with Gasteiger partial charge in [0.2, 0.25) is 0 Å². The quantitative estimate of drug-likeness (QED) is 0.880. The molecule has 102 valence electrons. The third kappa shape index (κ3) is 3.86. The predicted molar refractivity (Wildman–Crippen MR) is 78.8 cm³/mol. The standard InChI is InChI=1S/C15H19FN2S/c1-18(8-7-14-6-3-9-19-14)15(11-17)12-4-2-5-13(16)10-12/h2-6,9-10,15H,7-8,11,17H2,1H3. The summed E-state index contributed by atoms with van der Waals surface area (Å²) >= 11 is 1.76. The van der Waals surface area contributed by atoms with Crippen molar-refractivity contribution in [1.29, 1.82) is 0 Å². The van der Waals surface area contributed by atoms with Crippen LogP contribution in [-0.4, -0.2) is 25.0 Å². The van der Waals surface area contributed by atoms with E-state index in [9.17, 15) is 4.39 Å². The molecule has 0 amide bonds. The van der Waals surface area contributed by atoms with Crippen LogP contribution < -0.4 is 5.73 Å². The van der Waals surface area contributed by atoms with Crippen LogP contribution in [0.1, 0.15) is 16.5 Å². The van der Waals surface area contributed by atoms with Crippen LogP contribution >= 0.6 is 11.3 Å². The lowest BCUT2D eigenvalue weighted by Crippen LogP contribution is -2.32. The van der Waals surface area contributed by atoms with E-state index < -0.39 is 0 Å². The van der Waals surface area contributed by atoms with Crippen LogP contribution in [0, 0.1) is 5.82 Å². The molecule has 2 rings (SSSR count). The molecule has 0 saturated carbocycles. The second-order valence-corrected chi connectivity index (χ2v) is 5.65. The lowest BCUT2D eigenvalue weighted by atomic mass is 10.1. The Labute approximate surface area is 117 Å². The summed E-state index contributed by atoms with van der Waals surface area (Å²) < 4.78 is 13.3. The van der Waals surface area contributed by atoms with Gasteiger partial charge >= 0.3 is 0 Å². The smallest absolute Gasteiger partial charge is 0.123 e. The molecule has 0 aliphatic carbocycles. The molecule has 0 aliphatic heterocycles. The first-order chi connectivity index (χ1) is 9.20. The maximum absolute atomic E-state index is 13.3. The van der Waals surface area contributed by atoms with Crippen molar-refractivity contribution < 1.29 is 4.39 Å². The van der Waals surface area contributed by atoms with Gasteiger partial charge in [-0.05, 0) is 42.6 Å². The molecule has 2 nitrogen and oxygen atoms in total. The number of nitrogens with two attached hydrogens (primary N) is 1. The van der Waals surface area contributed by atoms with Gasteiger partial charge < -0.3 is 5.73 Å². The minimum Gasteiger partial charge on any atom is -0.329 e. The molecule has 0 spiro atoms. The molecule has 0 saturated heterocycles. The van der Waals surface area contributed by atoms with Crippen molar-refractivity contribution in [1.82, 2.24) is 4.90 Å². The molecule has 0 radical (unpaired) electrons. The average molecular weight is 278 g/mol. The van der Waals surface area contributed by atoms with E-state index in [1.807, 2.05) is 13.1 Å². The van der Waals surface area contributed by atoms with Gasteiger partial charge in [-0.1, -0.05) is 18.2 Å². The molecule has 1 aromatic carbocycles. The van der Waals surface area contributed by atoms with Crippen molar-refractivity contribution in [2.75, 3.05) is 20.1 Å². The Morgan fingerprint density at radius 2 is 2.16 bits per heavy atom. The van der Waals surface area contributed by atoms with E-state index in [0.29, 0.717) is 6.54 Å². The molecule has 2 aromatic rings. The number of hydrogen-bond donors (Lipinski definition) is 1. The van der Waals surface area contributed by atoms with E-state index in [1.165, 1.54) is 10.9 Å². The lowest BCUT2D eigenvalue weighted by molar-refractivity contribution is 0.253. The van der Waals surface area contributed by atoms with Crippen LogP contribution in [0.5, 0.6) is 0 Å². The number of hydrogen-bond acceptors (Lipinski definition) is 3. The zero-order valence-electron chi connectivity index (χ0n) is 11.1. The summed E-state index contributed by atoms with van der Waals surface area (Å²) in [6, 6.07) is 11.0. The van der Waals surface area contributed by atoms with Gasteiger partial charge in [0.05, 0.1) is 0 Å². The topological polar surface area (TPSA) is 29.3 Å². The summed E-state index contributed by atoms with van der Waals surface area (Å²) in [4.78, 5) is 3.55. The summed E-state index contributed by atoms with van der Waals surface area (Å²) in [7, 11) is 2.04. The monoisotopic (exact) mass is 278 g/mol. The highest BCUT2D eigenvalue weighted by molar-refractivity contribution is 7.09. The van der Waals surface area contributed by atoms with E-state index in [4.69, 9.17) is 5.73 Å². The number of halogens is 1. The van der Waals surface area contributed by atoms with E-state index in [1.54, 1.807) is 23.5 Å². The zero-order valence-corrected chi connectivity index (χ0v) is 11.9. The Morgan fingerprint density at radius 1 is 1.32 bits per heavy atom. The van der Waals surface area contributed by atoms with E-state index in [2.05, 4.69) is 22.4 Å². The molecule has 2 N–H and O–H groups in total. The third-order valence-corrected chi connectivity index (χ3v) is 4.22. The summed E-state index contributed by atoms with van der Waals surface area (Å²) in [5, 5.41) is 2.09. The van der Waals surface area contributed by atoms with Crippen molar-refractivity contribution in [3.05, 3.63) is 58.0 Å². The fourth-order valence-corrected chi connectivity index (χ4v) is 2.88. The normalized spacial score (nSPS) is 12.8. The fraction of sp³-hybridized carbons (Fsp3) is 0.333.